The smallest absolute Gasteiger partial charge is 0.221 e. The van der Waals surface area contributed by atoms with Crippen LogP contribution in [0.4, 0.5) is 15.8 Å². The van der Waals surface area contributed by atoms with Crippen LogP contribution in [0, 0.1) is 5.82 Å². The lowest BCUT2D eigenvalue weighted by atomic mass is 9.99. The highest BCUT2D eigenvalue weighted by Crippen LogP contribution is 2.40. The number of halogens is 1. The van der Waals surface area contributed by atoms with Gasteiger partial charge in [0.15, 0.2) is 0 Å². The Balaban J connectivity index is 1.40. The fourth-order valence-electron chi connectivity index (χ4n) is 4.68. The van der Waals surface area contributed by atoms with Crippen molar-refractivity contribution >= 4 is 23.4 Å². The van der Waals surface area contributed by atoms with Crippen LogP contribution in [-0.2, 0) is 11.2 Å². The molecular formula is C24H29FN3O+. The van der Waals surface area contributed by atoms with Crippen LogP contribution in [0.2, 0.25) is 0 Å². The molecule has 29 heavy (non-hydrogen) atoms. The first-order valence-electron chi connectivity index (χ1n) is 10.4. The van der Waals surface area contributed by atoms with Crippen molar-refractivity contribution in [2.24, 2.45) is 0 Å². The lowest BCUT2D eigenvalue weighted by Crippen LogP contribution is -2.53. The van der Waals surface area contributed by atoms with Gasteiger partial charge in [0.1, 0.15) is 23.7 Å². The molecule has 0 saturated carbocycles. The normalized spacial score (nSPS) is 21.9. The molecule has 4 rings (SSSR count). The van der Waals surface area contributed by atoms with Gasteiger partial charge in [-0.1, -0.05) is 18.2 Å². The van der Waals surface area contributed by atoms with Gasteiger partial charge in [0.25, 0.3) is 0 Å². The lowest BCUT2D eigenvalue weighted by molar-refractivity contribution is -0.114. The van der Waals surface area contributed by atoms with Crippen molar-refractivity contribution in [1.82, 2.24) is 9.38 Å². The van der Waals surface area contributed by atoms with Gasteiger partial charge >= 0.3 is 0 Å². The average molecular weight is 395 g/mol. The van der Waals surface area contributed by atoms with Crippen molar-refractivity contribution in [2.45, 2.75) is 32.2 Å². The van der Waals surface area contributed by atoms with Gasteiger partial charge in [-0.05, 0) is 30.2 Å². The number of likely N-dealkylation sites (tertiary alicyclic amines) is 1. The number of hydrogen-bond donors (Lipinski definition) is 1. The van der Waals surface area contributed by atoms with Gasteiger partial charge in [-0.15, -0.1) is 0 Å². The fraction of sp³-hybridized carbons (Fsp3) is 0.375. The number of hydrogen-bond acceptors (Lipinski definition) is 2. The topological polar surface area (TPSA) is 32.3 Å². The molecule has 1 fully saturated rings. The second kappa shape index (κ2) is 8.09. The van der Waals surface area contributed by atoms with Crippen LogP contribution in [0.15, 0.2) is 48.7 Å². The van der Waals surface area contributed by atoms with Gasteiger partial charge in [0.2, 0.25) is 5.91 Å². The molecule has 2 aromatic rings. The molecule has 0 bridgehead atoms. The van der Waals surface area contributed by atoms with E-state index in [9.17, 15) is 9.18 Å². The Kier molecular flexibility index (Phi) is 5.52. The summed E-state index contributed by atoms with van der Waals surface area (Å²) >= 11 is 0. The second-order valence-electron chi connectivity index (χ2n) is 8.33. The third-order valence-electron chi connectivity index (χ3n) is 6.40. The zero-order valence-corrected chi connectivity index (χ0v) is 17.2. The molecule has 1 N–H and O–H groups in total. The van der Waals surface area contributed by atoms with Crippen LogP contribution < -0.4 is 9.80 Å². The van der Waals surface area contributed by atoms with E-state index in [1.807, 2.05) is 18.2 Å². The van der Waals surface area contributed by atoms with Crippen LogP contribution in [0.5, 0.6) is 0 Å². The zero-order valence-electron chi connectivity index (χ0n) is 17.2. The van der Waals surface area contributed by atoms with Gasteiger partial charge in [-0.2, -0.15) is 0 Å². The van der Waals surface area contributed by atoms with Crippen molar-refractivity contribution < 1.29 is 9.18 Å². The first kappa shape index (κ1) is 19.8. The predicted octanol–water partition coefficient (Wildman–Crippen LogP) is 4.41. The van der Waals surface area contributed by atoms with E-state index in [2.05, 4.69) is 41.7 Å². The second-order valence-corrected chi connectivity index (χ2v) is 8.33. The van der Waals surface area contributed by atoms with E-state index in [1.165, 1.54) is 18.2 Å². The van der Waals surface area contributed by atoms with E-state index in [1.54, 1.807) is 12.1 Å². The highest BCUT2D eigenvalue weighted by atomic mass is 19.1. The Hall–Kier alpha value is -2.50. The van der Waals surface area contributed by atoms with Crippen LogP contribution in [0.25, 0.3) is 6.08 Å². The number of amides is 1. The molecule has 1 amide bonds. The van der Waals surface area contributed by atoms with Crippen LogP contribution in [-0.4, -0.2) is 43.5 Å². The maximum atomic E-state index is 13.9. The van der Waals surface area contributed by atoms with E-state index < -0.39 is 0 Å². The van der Waals surface area contributed by atoms with Gasteiger partial charge in [-0.25, -0.2) is 4.39 Å². The minimum Gasteiger partial charge on any atom is -0.326 e. The number of anilines is 1. The molecule has 0 aliphatic carbocycles. The maximum Gasteiger partial charge on any atom is 0.221 e. The number of nitrogens with one attached hydrogen (secondary N) is 1. The number of carbonyl (C=O) groups is 1. The van der Waals surface area contributed by atoms with Crippen LogP contribution in [0.3, 0.4) is 0 Å². The summed E-state index contributed by atoms with van der Waals surface area (Å²) in [6, 6.07) is 13.7. The third kappa shape index (κ3) is 4.11. The van der Waals surface area contributed by atoms with Crippen LogP contribution >= 0.6 is 0 Å². The molecule has 1 atom stereocenters. The maximum absolute atomic E-state index is 13.9. The molecule has 152 valence electrons. The van der Waals surface area contributed by atoms with Crippen molar-refractivity contribution in [3.8, 4) is 0 Å². The van der Waals surface area contributed by atoms with Crippen molar-refractivity contribution in [2.75, 3.05) is 32.0 Å². The van der Waals surface area contributed by atoms with Gasteiger partial charge in [0, 0.05) is 62.8 Å². The van der Waals surface area contributed by atoms with Crippen molar-refractivity contribution in [3.05, 3.63) is 65.6 Å². The van der Waals surface area contributed by atoms with E-state index in [4.69, 9.17) is 0 Å². The van der Waals surface area contributed by atoms with Gasteiger partial charge in [0.05, 0.1) is 7.05 Å². The minimum absolute atomic E-state index is 0.0479. The minimum atomic E-state index is -0.103. The Morgan fingerprint density at radius 2 is 1.97 bits per heavy atom. The molecule has 0 radical (unpaired) electrons. The molecule has 0 aromatic heterocycles. The molecule has 2 aliphatic heterocycles. The Morgan fingerprint density at radius 3 is 2.69 bits per heavy atom. The summed E-state index contributed by atoms with van der Waals surface area (Å²) in [6.07, 6.45) is 7.43. The molecular weight excluding hydrogens is 365 g/mol. The summed E-state index contributed by atoms with van der Waals surface area (Å²) in [5.41, 5.74) is 4.13. The largest absolute Gasteiger partial charge is 0.326 e. The number of rotatable bonds is 5. The molecule has 1 unspecified atom stereocenters. The Morgan fingerprint density at radius 1 is 1.21 bits per heavy atom. The summed E-state index contributed by atoms with van der Waals surface area (Å²) in [4.78, 5) is 13.9. The summed E-state index contributed by atoms with van der Waals surface area (Å²) in [5, 5.41) is 2.90. The van der Waals surface area contributed by atoms with Crippen molar-refractivity contribution in [3.63, 3.8) is 0 Å². The average Bonchev–Trinajstić information content (AvgIpc) is 3.05. The quantitative estimate of drug-likeness (QED) is 0.762. The predicted molar refractivity (Wildman–Crippen MR) is 117 cm³/mol. The molecule has 4 nitrogen and oxygen atoms in total. The van der Waals surface area contributed by atoms with E-state index in [-0.39, 0.29) is 11.7 Å². The highest BCUT2D eigenvalue weighted by molar-refractivity contribution is 5.90. The molecule has 2 aromatic carbocycles. The van der Waals surface area contributed by atoms with E-state index in [0.717, 1.165) is 54.6 Å². The third-order valence-corrected chi connectivity index (χ3v) is 6.40. The SMILES string of the molecule is CC(=O)Nc1ccc2c(c1)[N+](C)(C1CCN(CCc3ccccc3F)CC1)C=C2. The molecule has 0 spiro atoms. The van der Waals surface area contributed by atoms with E-state index >= 15 is 0 Å². The molecule has 5 heteroatoms. The van der Waals surface area contributed by atoms with E-state index in [0.29, 0.717) is 6.04 Å². The number of piperidine rings is 1. The molecule has 2 aliphatic rings. The van der Waals surface area contributed by atoms with Crippen LogP contribution in [0.1, 0.15) is 30.9 Å². The zero-order chi connectivity index (χ0) is 20.4. The molecule has 2 heterocycles. The van der Waals surface area contributed by atoms with Gasteiger partial charge in [-0.3, -0.25) is 9.28 Å². The van der Waals surface area contributed by atoms with Crippen molar-refractivity contribution in [1.29, 1.82) is 0 Å². The summed E-state index contributed by atoms with van der Waals surface area (Å²) < 4.78 is 14.6. The number of carbonyl (C=O) groups excluding carboxylic acids is 1. The number of fused-ring (bicyclic) bond motifs is 1. The Labute approximate surface area is 172 Å². The first-order valence-corrected chi connectivity index (χ1v) is 10.4. The fourth-order valence-corrected chi connectivity index (χ4v) is 4.68. The highest BCUT2D eigenvalue weighted by Gasteiger charge is 2.40. The van der Waals surface area contributed by atoms with Gasteiger partial charge < -0.3 is 10.2 Å². The molecule has 1 saturated heterocycles. The first-order chi connectivity index (χ1) is 14.0. The summed E-state index contributed by atoms with van der Waals surface area (Å²) in [7, 11) is 2.26. The number of quaternary nitrogens is 1. The monoisotopic (exact) mass is 394 g/mol. The number of benzene rings is 2. The Bertz CT molecular complexity index is 933. The number of nitrogens with zero attached hydrogens (tertiary/aromatic N) is 2. The summed E-state index contributed by atoms with van der Waals surface area (Å²) in [5.74, 6) is -0.150. The lowest BCUT2D eigenvalue weighted by Gasteiger charge is -2.41. The summed E-state index contributed by atoms with van der Waals surface area (Å²) in [6.45, 7) is 4.50. The standard InChI is InChI=1S/C24H28FN3O/c1-18(29)26-21-8-7-20-12-16-28(2,24(20)17-21)22-10-14-27(15-11-22)13-9-19-5-3-4-6-23(19)25/h3-8,12,16-17,22H,9-11,13-15H2,1-2H3/p+1.